The first kappa shape index (κ1) is 17.8. The molecule has 0 amide bonds. The number of hydrogen-bond donors (Lipinski definition) is 0. The molecule has 1 aliphatic rings. The van der Waals surface area contributed by atoms with E-state index in [9.17, 15) is 0 Å². The van der Waals surface area contributed by atoms with Crippen LogP contribution in [0.4, 0.5) is 0 Å². The van der Waals surface area contributed by atoms with Crippen molar-refractivity contribution in [2.24, 2.45) is 0 Å². The van der Waals surface area contributed by atoms with Crippen molar-refractivity contribution in [1.29, 1.82) is 0 Å². The van der Waals surface area contributed by atoms with Gasteiger partial charge in [0.1, 0.15) is 5.75 Å². The molecule has 1 atom stereocenters. The number of ether oxygens (including phenoxy) is 3. The number of benzene rings is 1. The molecule has 1 aromatic carbocycles. The summed E-state index contributed by atoms with van der Waals surface area (Å²) in [7, 11) is 1.60. The van der Waals surface area contributed by atoms with Crippen LogP contribution in [0.3, 0.4) is 0 Å². The fraction of sp³-hybridized carbons (Fsp3) is 0.667. The molecule has 124 valence electrons. The van der Waals surface area contributed by atoms with Crippen LogP contribution in [-0.2, 0) is 20.3 Å². The third kappa shape index (κ3) is 3.50. The Balaban J connectivity index is 2.53. The molecule has 0 saturated carbocycles. The monoisotopic (exact) mass is 370 g/mol. The Morgan fingerprint density at radius 2 is 1.77 bits per heavy atom. The van der Waals surface area contributed by atoms with E-state index in [0.29, 0.717) is 6.61 Å². The molecule has 2 rings (SSSR count). The summed E-state index contributed by atoms with van der Waals surface area (Å²) < 4.78 is 17.8. The molecule has 0 aliphatic heterocycles. The first-order chi connectivity index (χ1) is 10.2. The molecule has 4 heteroatoms. The van der Waals surface area contributed by atoms with Gasteiger partial charge in [0, 0.05) is 17.1 Å². The van der Waals surface area contributed by atoms with E-state index in [2.05, 4.69) is 49.7 Å². The predicted molar refractivity (Wildman–Crippen MR) is 92.5 cm³/mol. The largest absolute Gasteiger partial charge is 0.441 e. The Bertz CT molecular complexity index is 537. The Morgan fingerprint density at radius 3 is 2.36 bits per heavy atom. The highest BCUT2D eigenvalue weighted by atomic mass is 79.9. The van der Waals surface area contributed by atoms with Gasteiger partial charge in [-0.25, -0.2) is 0 Å². The van der Waals surface area contributed by atoms with Gasteiger partial charge in [-0.1, -0.05) is 43.6 Å². The van der Waals surface area contributed by atoms with Crippen LogP contribution in [0.2, 0.25) is 0 Å². The Labute approximate surface area is 142 Å². The zero-order valence-corrected chi connectivity index (χ0v) is 16.0. The number of methoxy groups -OCH3 is 1. The second kappa shape index (κ2) is 6.50. The van der Waals surface area contributed by atoms with E-state index in [1.54, 1.807) is 7.11 Å². The highest BCUT2D eigenvalue weighted by Gasteiger charge is 2.40. The van der Waals surface area contributed by atoms with Crippen molar-refractivity contribution in [1.82, 2.24) is 0 Å². The molecule has 1 unspecified atom stereocenters. The van der Waals surface area contributed by atoms with Crippen LogP contribution in [-0.4, -0.2) is 20.2 Å². The van der Waals surface area contributed by atoms with E-state index in [1.807, 2.05) is 13.0 Å². The highest BCUT2D eigenvalue weighted by Crippen LogP contribution is 2.50. The third-order valence-corrected chi connectivity index (χ3v) is 5.02. The van der Waals surface area contributed by atoms with Gasteiger partial charge >= 0.3 is 6.48 Å². The van der Waals surface area contributed by atoms with Crippen molar-refractivity contribution in [3.8, 4) is 5.75 Å². The molecule has 0 N–H and O–H groups in total. The highest BCUT2D eigenvalue weighted by molar-refractivity contribution is 9.10. The number of halogens is 1. The van der Waals surface area contributed by atoms with Gasteiger partial charge < -0.3 is 14.2 Å². The Morgan fingerprint density at radius 1 is 1.14 bits per heavy atom. The minimum Gasteiger partial charge on any atom is -0.441 e. The summed E-state index contributed by atoms with van der Waals surface area (Å²) >= 11 is 3.62. The van der Waals surface area contributed by atoms with E-state index >= 15 is 0 Å². The van der Waals surface area contributed by atoms with Crippen LogP contribution < -0.4 is 4.74 Å². The molecular formula is C18H27BrO3. The van der Waals surface area contributed by atoms with Crippen molar-refractivity contribution in [2.75, 3.05) is 13.7 Å². The number of rotatable bonds is 5. The quantitative estimate of drug-likeness (QED) is 0.671. The molecular weight excluding hydrogens is 344 g/mol. The summed E-state index contributed by atoms with van der Waals surface area (Å²) in [5.74, 6) is 0.849. The molecule has 0 heterocycles. The minimum absolute atomic E-state index is 0.0748. The third-order valence-electron chi connectivity index (χ3n) is 4.57. The Hall–Kier alpha value is -0.580. The SMILES string of the molecule is CCOC(OC)Oc1cc(Br)cc2c1C(C)(C)CCC2(C)C. The summed E-state index contributed by atoms with van der Waals surface area (Å²) in [5, 5.41) is 0. The van der Waals surface area contributed by atoms with Gasteiger partial charge in [0.25, 0.3) is 0 Å². The lowest BCUT2D eigenvalue weighted by molar-refractivity contribution is -0.231. The van der Waals surface area contributed by atoms with Crippen LogP contribution in [0.25, 0.3) is 0 Å². The van der Waals surface area contributed by atoms with E-state index in [4.69, 9.17) is 14.2 Å². The zero-order chi connectivity index (χ0) is 16.5. The maximum absolute atomic E-state index is 6.04. The summed E-state index contributed by atoms with van der Waals surface area (Å²) in [6.07, 6.45) is 2.30. The van der Waals surface area contributed by atoms with Crippen LogP contribution >= 0.6 is 15.9 Å². The first-order valence-corrected chi connectivity index (χ1v) is 8.66. The Kier molecular flexibility index (Phi) is 5.25. The number of hydrogen-bond acceptors (Lipinski definition) is 3. The minimum atomic E-state index is -0.677. The predicted octanol–water partition coefficient (Wildman–Crippen LogP) is 5.14. The molecule has 0 saturated heterocycles. The lowest BCUT2D eigenvalue weighted by atomic mass is 9.63. The maximum atomic E-state index is 6.04. The summed E-state index contributed by atoms with van der Waals surface area (Å²) in [4.78, 5) is 0. The summed E-state index contributed by atoms with van der Waals surface area (Å²) in [5.41, 5.74) is 2.83. The average molecular weight is 371 g/mol. The molecule has 0 spiro atoms. The van der Waals surface area contributed by atoms with E-state index < -0.39 is 6.48 Å². The molecule has 0 bridgehead atoms. The second-order valence-corrected chi connectivity index (χ2v) is 8.11. The molecule has 22 heavy (non-hydrogen) atoms. The second-order valence-electron chi connectivity index (χ2n) is 7.19. The van der Waals surface area contributed by atoms with Gasteiger partial charge in [0.05, 0.1) is 6.61 Å². The molecule has 3 nitrogen and oxygen atoms in total. The molecule has 0 aromatic heterocycles. The zero-order valence-electron chi connectivity index (χ0n) is 14.5. The fourth-order valence-electron chi connectivity index (χ4n) is 3.18. The lowest BCUT2D eigenvalue weighted by Crippen LogP contribution is -2.35. The maximum Gasteiger partial charge on any atom is 0.315 e. The van der Waals surface area contributed by atoms with Gasteiger partial charge in [0.2, 0.25) is 0 Å². The van der Waals surface area contributed by atoms with Gasteiger partial charge in [-0.15, -0.1) is 0 Å². The topological polar surface area (TPSA) is 27.7 Å². The summed E-state index contributed by atoms with van der Waals surface area (Å²) in [6.45, 7) is 11.0. The fourth-order valence-corrected chi connectivity index (χ4v) is 3.62. The van der Waals surface area contributed by atoms with Crippen LogP contribution in [0.1, 0.15) is 58.6 Å². The van der Waals surface area contributed by atoms with Crippen molar-refractivity contribution < 1.29 is 14.2 Å². The molecule has 0 radical (unpaired) electrons. The van der Waals surface area contributed by atoms with Crippen LogP contribution in [0.5, 0.6) is 5.75 Å². The van der Waals surface area contributed by atoms with E-state index in [1.165, 1.54) is 17.5 Å². The van der Waals surface area contributed by atoms with Crippen molar-refractivity contribution in [3.05, 3.63) is 27.7 Å². The number of fused-ring (bicyclic) bond motifs is 1. The van der Waals surface area contributed by atoms with Gasteiger partial charge in [-0.2, -0.15) is 0 Å². The van der Waals surface area contributed by atoms with E-state index in [-0.39, 0.29) is 10.8 Å². The standard InChI is InChI=1S/C18H27BrO3/c1-7-21-16(20-6)22-14-11-12(19)10-13-15(14)18(4,5)9-8-17(13,2)3/h10-11,16H,7-9H2,1-6H3. The van der Waals surface area contributed by atoms with Crippen molar-refractivity contribution in [3.63, 3.8) is 0 Å². The van der Waals surface area contributed by atoms with Gasteiger partial charge in [-0.05, 0) is 48.3 Å². The van der Waals surface area contributed by atoms with Crippen molar-refractivity contribution >= 4 is 15.9 Å². The molecule has 1 aliphatic carbocycles. The summed E-state index contributed by atoms with van der Waals surface area (Å²) in [6, 6.07) is 4.25. The smallest absolute Gasteiger partial charge is 0.315 e. The van der Waals surface area contributed by atoms with Crippen LogP contribution in [0.15, 0.2) is 16.6 Å². The lowest BCUT2D eigenvalue weighted by Gasteiger charge is -2.43. The molecule has 0 fully saturated rings. The van der Waals surface area contributed by atoms with Crippen LogP contribution in [0, 0.1) is 0 Å². The van der Waals surface area contributed by atoms with E-state index in [0.717, 1.165) is 16.6 Å². The molecule has 1 aromatic rings. The average Bonchev–Trinajstić information content (AvgIpc) is 2.43. The van der Waals surface area contributed by atoms with Gasteiger partial charge in [-0.3, -0.25) is 0 Å². The van der Waals surface area contributed by atoms with Crippen molar-refractivity contribution in [2.45, 2.75) is 64.8 Å². The normalized spacial score (nSPS) is 20.3. The van der Waals surface area contributed by atoms with Gasteiger partial charge in [0.15, 0.2) is 0 Å². The first-order valence-electron chi connectivity index (χ1n) is 7.87.